The maximum atomic E-state index is 12.9. The Kier molecular flexibility index (Phi) is 3.64. The average Bonchev–Trinajstić information content (AvgIpc) is 2.28. The van der Waals surface area contributed by atoms with Crippen LogP contribution in [0.4, 0.5) is 4.39 Å². The van der Waals surface area contributed by atoms with Gasteiger partial charge in [0.2, 0.25) is 0 Å². The number of rotatable bonds is 2. The summed E-state index contributed by atoms with van der Waals surface area (Å²) in [5.74, 6) is -0.351. The summed E-state index contributed by atoms with van der Waals surface area (Å²) < 4.78 is 12.9. The molecule has 0 spiro atoms. The summed E-state index contributed by atoms with van der Waals surface area (Å²) in [5.41, 5.74) is 0.792. The number of nitrogens with one attached hydrogen (secondary N) is 1. The van der Waals surface area contributed by atoms with Gasteiger partial charge in [-0.05, 0) is 19.9 Å². The van der Waals surface area contributed by atoms with Crippen LogP contribution in [0, 0.1) is 5.82 Å². The molecule has 1 fully saturated rings. The van der Waals surface area contributed by atoms with Gasteiger partial charge in [-0.25, -0.2) is 4.39 Å². The van der Waals surface area contributed by atoms with Gasteiger partial charge >= 0.3 is 0 Å². The lowest BCUT2D eigenvalue weighted by Crippen LogP contribution is -2.49. The zero-order chi connectivity index (χ0) is 12.4. The van der Waals surface area contributed by atoms with Crippen LogP contribution >= 0.6 is 0 Å². The van der Waals surface area contributed by atoms with Gasteiger partial charge in [0.25, 0.3) is 0 Å². The van der Waals surface area contributed by atoms with Crippen LogP contribution in [-0.4, -0.2) is 35.7 Å². The van der Waals surface area contributed by atoms with E-state index in [2.05, 4.69) is 17.1 Å². The molecule has 17 heavy (non-hydrogen) atoms. The summed E-state index contributed by atoms with van der Waals surface area (Å²) in [6, 6.07) is 4.81. The molecule has 1 aromatic carbocycles. The third-order valence-corrected chi connectivity index (χ3v) is 3.39. The predicted octanol–water partition coefficient (Wildman–Crippen LogP) is 1.89. The molecule has 2 atom stereocenters. The lowest BCUT2D eigenvalue weighted by molar-refractivity contribution is 0.156. The van der Waals surface area contributed by atoms with Gasteiger partial charge in [-0.1, -0.05) is 6.07 Å². The number of hydrogen-bond donors (Lipinski definition) is 2. The summed E-state index contributed by atoms with van der Waals surface area (Å²) in [6.07, 6.45) is 0. The predicted molar refractivity (Wildman–Crippen MR) is 65.5 cm³/mol. The van der Waals surface area contributed by atoms with E-state index < -0.39 is 5.82 Å². The van der Waals surface area contributed by atoms with Crippen LogP contribution in [0.3, 0.4) is 0 Å². The highest BCUT2D eigenvalue weighted by molar-refractivity contribution is 5.35. The molecule has 0 aliphatic carbocycles. The highest BCUT2D eigenvalue weighted by Gasteiger charge is 2.23. The third kappa shape index (κ3) is 2.76. The zero-order valence-electron chi connectivity index (χ0n) is 10.3. The van der Waals surface area contributed by atoms with Crippen molar-refractivity contribution in [3.05, 3.63) is 29.6 Å². The topological polar surface area (TPSA) is 35.5 Å². The van der Waals surface area contributed by atoms with Crippen LogP contribution in [0.2, 0.25) is 0 Å². The van der Waals surface area contributed by atoms with Crippen LogP contribution in [0.15, 0.2) is 18.2 Å². The van der Waals surface area contributed by atoms with Gasteiger partial charge < -0.3 is 10.4 Å². The largest absolute Gasteiger partial charge is 0.508 e. The second kappa shape index (κ2) is 5.02. The van der Waals surface area contributed by atoms with Crippen molar-refractivity contribution in [2.75, 3.05) is 19.6 Å². The van der Waals surface area contributed by atoms with Crippen LogP contribution in [0.25, 0.3) is 0 Å². The molecule has 94 valence electrons. The molecule has 0 saturated carbocycles. The Bertz CT molecular complexity index is 397. The fourth-order valence-corrected chi connectivity index (χ4v) is 2.38. The number of nitrogens with zero attached hydrogens (tertiary/aromatic N) is 1. The normalized spacial score (nSPS) is 23.6. The molecular formula is C13H19FN2O. The number of phenolic OH excluding ortho intramolecular Hbond substituents is 1. The summed E-state index contributed by atoms with van der Waals surface area (Å²) in [4.78, 5) is 2.30. The Hall–Kier alpha value is -1.13. The SMILES string of the molecule is CC1CN(C(C)c2ccc(F)cc2O)CCN1. The third-order valence-electron chi connectivity index (χ3n) is 3.39. The molecule has 2 rings (SSSR count). The Labute approximate surface area is 101 Å². The van der Waals surface area contributed by atoms with Crippen LogP contribution < -0.4 is 5.32 Å². The number of piperazine rings is 1. The monoisotopic (exact) mass is 238 g/mol. The van der Waals surface area contributed by atoms with Gasteiger partial charge in [0.1, 0.15) is 11.6 Å². The van der Waals surface area contributed by atoms with Crippen molar-refractivity contribution < 1.29 is 9.50 Å². The molecule has 2 unspecified atom stereocenters. The van der Waals surface area contributed by atoms with E-state index in [0.717, 1.165) is 25.2 Å². The molecule has 0 amide bonds. The Balaban J connectivity index is 2.15. The van der Waals surface area contributed by atoms with Crippen molar-refractivity contribution in [2.24, 2.45) is 0 Å². The Morgan fingerprint density at radius 1 is 1.53 bits per heavy atom. The van der Waals surface area contributed by atoms with Crippen molar-refractivity contribution in [1.82, 2.24) is 10.2 Å². The standard InChI is InChI=1S/C13H19FN2O/c1-9-8-16(6-5-15-9)10(2)12-4-3-11(14)7-13(12)17/h3-4,7,9-10,15,17H,5-6,8H2,1-2H3. The Morgan fingerprint density at radius 3 is 2.94 bits per heavy atom. The highest BCUT2D eigenvalue weighted by atomic mass is 19.1. The van der Waals surface area contributed by atoms with E-state index in [1.54, 1.807) is 6.07 Å². The summed E-state index contributed by atoms with van der Waals surface area (Å²) >= 11 is 0. The van der Waals surface area contributed by atoms with Gasteiger partial charge in [0.15, 0.2) is 0 Å². The molecule has 4 heteroatoms. The van der Waals surface area contributed by atoms with Crippen LogP contribution in [-0.2, 0) is 0 Å². The van der Waals surface area contributed by atoms with Crippen molar-refractivity contribution in [3.8, 4) is 5.75 Å². The van der Waals surface area contributed by atoms with E-state index in [9.17, 15) is 9.50 Å². The van der Waals surface area contributed by atoms with E-state index in [1.807, 2.05) is 6.92 Å². The van der Waals surface area contributed by atoms with Crippen molar-refractivity contribution >= 4 is 0 Å². The molecule has 1 aliphatic heterocycles. The van der Waals surface area contributed by atoms with Gasteiger partial charge in [-0.15, -0.1) is 0 Å². The molecule has 1 aliphatic rings. The summed E-state index contributed by atoms with van der Waals surface area (Å²) in [7, 11) is 0. The fourth-order valence-electron chi connectivity index (χ4n) is 2.38. The molecule has 3 nitrogen and oxygen atoms in total. The molecule has 2 N–H and O–H groups in total. The number of halogens is 1. The number of hydrogen-bond acceptors (Lipinski definition) is 3. The van der Waals surface area contributed by atoms with E-state index in [0.29, 0.717) is 6.04 Å². The van der Waals surface area contributed by atoms with Crippen LogP contribution in [0.1, 0.15) is 25.5 Å². The van der Waals surface area contributed by atoms with Crippen molar-refractivity contribution in [2.45, 2.75) is 25.9 Å². The second-order valence-electron chi connectivity index (χ2n) is 4.73. The van der Waals surface area contributed by atoms with Gasteiger partial charge in [0.05, 0.1) is 0 Å². The molecule has 1 aromatic rings. The lowest BCUT2D eigenvalue weighted by atomic mass is 10.0. The second-order valence-corrected chi connectivity index (χ2v) is 4.73. The quantitative estimate of drug-likeness (QED) is 0.826. The van der Waals surface area contributed by atoms with Crippen molar-refractivity contribution in [1.29, 1.82) is 0 Å². The van der Waals surface area contributed by atoms with Gasteiger partial charge in [-0.3, -0.25) is 4.90 Å². The molecule has 1 saturated heterocycles. The van der Waals surface area contributed by atoms with E-state index in [4.69, 9.17) is 0 Å². The minimum absolute atomic E-state index is 0.0451. The van der Waals surface area contributed by atoms with E-state index >= 15 is 0 Å². The first-order chi connectivity index (χ1) is 8.08. The maximum absolute atomic E-state index is 12.9. The molecule has 0 radical (unpaired) electrons. The van der Waals surface area contributed by atoms with E-state index in [1.165, 1.54) is 12.1 Å². The smallest absolute Gasteiger partial charge is 0.126 e. The molecule has 0 bridgehead atoms. The highest BCUT2D eigenvalue weighted by Crippen LogP contribution is 2.29. The minimum atomic E-state index is -0.396. The summed E-state index contributed by atoms with van der Waals surface area (Å²) in [5, 5.41) is 13.2. The van der Waals surface area contributed by atoms with Crippen molar-refractivity contribution in [3.63, 3.8) is 0 Å². The van der Waals surface area contributed by atoms with Gasteiger partial charge in [0, 0.05) is 43.3 Å². The first kappa shape index (κ1) is 12.3. The first-order valence-electron chi connectivity index (χ1n) is 6.04. The first-order valence-corrected chi connectivity index (χ1v) is 6.04. The van der Waals surface area contributed by atoms with Gasteiger partial charge in [-0.2, -0.15) is 0 Å². The fraction of sp³-hybridized carbons (Fsp3) is 0.538. The van der Waals surface area contributed by atoms with Crippen LogP contribution in [0.5, 0.6) is 5.75 Å². The lowest BCUT2D eigenvalue weighted by Gasteiger charge is -2.36. The number of benzene rings is 1. The number of phenols is 1. The maximum Gasteiger partial charge on any atom is 0.126 e. The average molecular weight is 238 g/mol. The number of aromatic hydroxyl groups is 1. The summed E-state index contributed by atoms with van der Waals surface area (Å²) in [6.45, 7) is 7.03. The Morgan fingerprint density at radius 2 is 2.29 bits per heavy atom. The molecule has 0 aromatic heterocycles. The minimum Gasteiger partial charge on any atom is -0.508 e. The molecular weight excluding hydrogens is 219 g/mol. The molecule has 1 heterocycles. The zero-order valence-corrected chi connectivity index (χ0v) is 10.3. The van der Waals surface area contributed by atoms with E-state index in [-0.39, 0.29) is 11.8 Å².